The molecule has 0 aromatic carbocycles. The summed E-state index contributed by atoms with van der Waals surface area (Å²) in [5.74, 6) is -7.09. The Kier molecular flexibility index (Phi) is 16.2. The van der Waals surface area contributed by atoms with E-state index < -0.39 is 102 Å². The second-order valence-electron chi connectivity index (χ2n) is 12.1. The number of rotatable bonds is 22. The van der Waals surface area contributed by atoms with E-state index in [9.17, 15) is 48.6 Å². The van der Waals surface area contributed by atoms with Gasteiger partial charge in [-0.1, -0.05) is 0 Å². The van der Waals surface area contributed by atoms with E-state index in [1.807, 2.05) is 0 Å². The van der Waals surface area contributed by atoms with Crippen molar-refractivity contribution in [3.8, 4) is 0 Å². The predicted octanol–water partition coefficient (Wildman–Crippen LogP) is -4.93. The number of aliphatic hydroxyl groups is 1. The second-order valence-corrected chi connectivity index (χ2v) is 13.1. The number of thioether (sulfide) groups is 1. The van der Waals surface area contributed by atoms with Gasteiger partial charge in [-0.05, 0) is 39.5 Å². The van der Waals surface area contributed by atoms with Crippen LogP contribution in [0.4, 0.5) is 0 Å². The predicted molar refractivity (Wildman–Crippen MR) is 182 cm³/mol. The van der Waals surface area contributed by atoms with E-state index >= 15 is 0 Å². The summed E-state index contributed by atoms with van der Waals surface area (Å²) in [4.78, 5) is 103. The molecule has 2 heterocycles. The molecule has 0 radical (unpaired) electrons. The van der Waals surface area contributed by atoms with Crippen LogP contribution in [0.2, 0.25) is 0 Å². The van der Waals surface area contributed by atoms with Gasteiger partial charge in [0.2, 0.25) is 29.8 Å². The smallest absolute Gasteiger partial charge is 0.352 e. The van der Waals surface area contributed by atoms with Crippen LogP contribution in [0.3, 0.4) is 0 Å². The molecule has 15 N–H and O–H groups in total. The van der Waals surface area contributed by atoms with Crippen LogP contribution in [-0.2, 0) is 43.1 Å². The van der Waals surface area contributed by atoms with Crippen molar-refractivity contribution < 1.29 is 58.4 Å². The third-order valence-electron chi connectivity index (χ3n) is 7.92. The van der Waals surface area contributed by atoms with Crippen LogP contribution in [0.25, 0.3) is 0 Å². The van der Waals surface area contributed by atoms with Gasteiger partial charge in [-0.3, -0.25) is 43.5 Å². The number of hydrogen-bond donors (Lipinski definition) is 11. The van der Waals surface area contributed by atoms with Crippen LogP contribution < -0.4 is 44.2 Å². The molecule has 0 unspecified atom stereocenters. The molecular weight excluding hydrogens is 712 g/mol. The number of aliphatic carboxylic acids is 2. The number of aliphatic imine (C=N–C) groups is 1. The first kappa shape index (κ1) is 43.2. The Labute approximate surface area is 301 Å². The molecule has 7 atom stereocenters. The number of carbonyl (C=O) groups excluding carboxylic acids is 6. The second kappa shape index (κ2) is 19.6. The van der Waals surface area contributed by atoms with Gasteiger partial charge in [0, 0.05) is 24.3 Å². The molecule has 2 aliphatic rings. The Morgan fingerprint density at radius 2 is 1.75 bits per heavy atom. The molecule has 52 heavy (non-hydrogen) atoms. The number of ether oxygens (including phenoxy) is 1. The van der Waals surface area contributed by atoms with Crippen LogP contribution in [0, 0.1) is 0 Å². The fraction of sp³-hybridized carbons (Fsp3) is 0.621. The van der Waals surface area contributed by atoms with Gasteiger partial charge in [-0.25, -0.2) is 4.79 Å². The molecule has 22 nitrogen and oxygen atoms in total. The van der Waals surface area contributed by atoms with E-state index in [4.69, 9.17) is 32.8 Å². The van der Waals surface area contributed by atoms with Gasteiger partial charge < -0.3 is 64.3 Å². The van der Waals surface area contributed by atoms with Crippen LogP contribution in [0.5, 0.6) is 0 Å². The van der Waals surface area contributed by atoms with Crippen LogP contribution >= 0.6 is 11.8 Å². The molecule has 1 fully saturated rings. The number of hydrogen-bond acceptors (Lipinski definition) is 14. The minimum absolute atomic E-state index is 0.000543. The van der Waals surface area contributed by atoms with E-state index in [2.05, 4.69) is 26.3 Å². The summed E-state index contributed by atoms with van der Waals surface area (Å²) in [6, 6.07) is -4.18. The monoisotopic (exact) mass is 758 g/mol. The zero-order valence-electron chi connectivity index (χ0n) is 28.5. The lowest BCUT2D eigenvalue weighted by atomic mass is 9.94. The number of aliphatic hydroxyl groups excluding tert-OH is 1. The molecule has 0 saturated carbocycles. The van der Waals surface area contributed by atoms with Gasteiger partial charge in [0.1, 0.15) is 29.8 Å². The number of carboxylic acids is 2. The number of nitrogens with two attached hydrogens (primary N) is 4. The molecule has 2 rings (SSSR count). The maximum Gasteiger partial charge on any atom is 0.352 e. The highest BCUT2D eigenvalue weighted by atomic mass is 32.2. The number of esters is 1. The largest absolute Gasteiger partial charge is 0.480 e. The summed E-state index contributed by atoms with van der Waals surface area (Å²) in [6.45, 7) is 2.35. The first-order valence-corrected chi connectivity index (χ1v) is 17.1. The van der Waals surface area contributed by atoms with Gasteiger partial charge in [0.25, 0.3) is 5.91 Å². The summed E-state index contributed by atoms with van der Waals surface area (Å²) in [6.07, 6.45) is -1.87. The standard InChI is InChI=1S/C29H46N10O12S/c1-13(30)22(44)36-14(2)23(45)37-17(6-4-8-34-28(32)33)18(41)9-20(43)51-10-15-11-52-27-29(35-12-40,26(50)39(27)21(15)25(48)49)38-19(42)7-3-5-16(31)24(46)47/h12-14,16-18,27,41H,3-11,30-31H2,1-2H3,(H,35,40)(H,36,44)(H,37,45)(H,38,42)(H,46,47)(H,48,49)(H4,32,33,34)/t13-,14+,16-,17+,18-,27-,29+/m0/s1. The van der Waals surface area contributed by atoms with Gasteiger partial charge in [0.05, 0.1) is 24.6 Å². The summed E-state index contributed by atoms with van der Waals surface area (Å²) in [5.41, 5.74) is 19.1. The van der Waals surface area contributed by atoms with E-state index in [0.29, 0.717) is 0 Å². The first-order valence-electron chi connectivity index (χ1n) is 16.0. The van der Waals surface area contributed by atoms with Crippen LogP contribution in [-0.4, -0.2) is 134 Å². The highest BCUT2D eigenvalue weighted by Crippen LogP contribution is 2.45. The number of carbonyl (C=O) groups is 8. The Morgan fingerprint density at radius 1 is 1.08 bits per heavy atom. The van der Waals surface area contributed by atoms with Crippen molar-refractivity contribution >= 4 is 65.7 Å². The molecule has 0 spiro atoms. The Bertz CT molecular complexity index is 1460. The third kappa shape index (κ3) is 11.5. The molecule has 0 aliphatic carbocycles. The molecule has 1 saturated heterocycles. The summed E-state index contributed by atoms with van der Waals surface area (Å²) >= 11 is 0.962. The molecule has 2 aliphatic heterocycles. The summed E-state index contributed by atoms with van der Waals surface area (Å²) < 4.78 is 5.26. The summed E-state index contributed by atoms with van der Waals surface area (Å²) in [5, 5.41) is 38.4. The SMILES string of the molecule is C[C@H](N)C(=O)N[C@H](C)C(=O)N[C@H](CCCN=C(N)N)[C@@H](O)CC(=O)OCC1=C(C(=O)O)N2C(=O)[C@@](NC=O)(NC(=O)CCC[C@H](N)C(=O)O)[C@@H]2SC1. The average Bonchev–Trinajstić information content (AvgIpc) is 3.06. The van der Waals surface area contributed by atoms with E-state index in [0.717, 1.165) is 16.7 Å². The highest BCUT2D eigenvalue weighted by molar-refractivity contribution is 8.00. The van der Waals surface area contributed by atoms with E-state index in [1.165, 1.54) is 13.8 Å². The molecule has 0 aromatic heterocycles. The third-order valence-corrected chi connectivity index (χ3v) is 9.32. The van der Waals surface area contributed by atoms with Gasteiger partial charge >= 0.3 is 17.9 Å². The van der Waals surface area contributed by atoms with Crippen molar-refractivity contribution in [2.45, 2.75) is 93.7 Å². The maximum atomic E-state index is 13.4. The van der Waals surface area contributed by atoms with Crippen molar-refractivity contribution in [3.63, 3.8) is 0 Å². The van der Waals surface area contributed by atoms with Crippen molar-refractivity contribution in [2.75, 3.05) is 18.9 Å². The van der Waals surface area contributed by atoms with Crippen molar-refractivity contribution in [1.82, 2.24) is 26.2 Å². The Hall–Kier alpha value is -5.00. The van der Waals surface area contributed by atoms with Crippen LogP contribution in [0.15, 0.2) is 16.3 Å². The van der Waals surface area contributed by atoms with Crippen LogP contribution in [0.1, 0.15) is 52.4 Å². The first-order chi connectivity index (χ1) is 24.4. The lowest BCUT2D eigenvalue weighted by Gasteiger charge is -2.56. The highest BCUT2D eigenvalue weighted by Gasteiger charge is 2.66. The molecule has 290 valence electrons. The van der Waals surface area contributed by atoms with Crippen molar-refractivity contribution in [1.29, 1.82) is 0 Å². The number of guanidine groups is 1. The fourth-order valence-electron chi connectivity index (χ4n) is 5.13. The minimum atomic E-state index is -2.01. The van der Waals surface area contributed by atoms with Crippen molar-refractivity contribution in [2.24, 2.45) is 27.9 Å². The lowest BCUT2D eigenvalue weighted by Crippen LogP contribution is -2.85. The van der Waals surface area contributed by atoms with Gasteiger partial charge in [-0.2, -0.15) is 0 Å². The minimum Gasteiger partial charge on any atom is -0.480 e. The molecule has 0 bridgehead atoms. The quantitative estimate of drug-likeness (QED) is 0.00937. The zero-order chi connectivity index (χ0) is 39.3. The van der Waals surface area contributed by atoms with Gasteiger partial charge in [-0.15, -0.1) is 11.8 Å². The molecular formula is C29H46N10O12S. The van der Waals surface area contributed by atoms with E-state index in [-0.39, 0.29) is 62.3 Å². The summed E-state index contributed by atoms with van der Waals surface area (Å²) in [7, 11) is 0. The molecule has 5 amide bonds. The molecule has 23 heteroatoms. The number of amides is 5. The number of nitrogens with one attached hydrogen (secondary N) is 4. The van der Waals surface area contributed by atoms with Gasteiger partial charge in [0.15, 0.2) is 5.96 Å². The number of β-lactam (4-membered cyclic amide) rings is 1. The van der Waals surface area contributed by atoms with Crippen molar-refractivity contribution in [3.05, 3.63) is 11.3 Å². The van der Waals surface area contributed by atoms with E-state index in [1.54, 1.807) is 0 Å². The Morgan fingerprint density at radius 3 is 2.33 bits per heavy atom. The number of carboxylic acid groups (broad SMARTS) is 2. The topological polar surface area (TPSA) is 374 Å². The average molecular weight is 759 g/mol. The fourth-order valence-corrected chi connectivity index (χ4v) is 6.54. The number of fused-ring (bicyclic) bond motifs is 1. The Balaban J connectivity index is 2.13. The maximum absolute atomic E-state index is 13.4. The molecule has 0 aromatic rings. The normalized spacial score (nSPS) is 20.8. The number of nitrogens with zero attached hydrogens (tertiary/aromatic N) is 2. The lowest BCUT2D eigenvalue weighted by molar-refractivity contribution is -0.162. The zero-order valence-corrected chi connectivity index (χ0v) is 29.3.